The molecule has 0 radical (unpaired) electrons. The molecule has 2 aromatic heterocycles. The van der Waals surface area contributed by atoms with E-state index in [0.29, 0.717) is 0 Å². The second-order valence-corrected chi connectivity index (χ2v) is 5.25. The van der Waals surface area contributed by atoms with Crippen LogP contribution in [0.4, 0.5) is 5.82 Å². The van der Waals surface area contributed by atoms with E-state index in [1.807, 2.05) is 12.1 Å². The first kappa shape index (κ1) is 12.6. The quantitative estimate of drug-likeness (QED) is 0.899. The molecule has 4 heteroatoms. The average Bonchev–Trinajstić information content (AvgIpc) is 2.81. The van der Waals surface area contributed by atoms with Crippen molar-refractivity contribution in [1.29, 1.82) is 0 Å². The monoisotopic (exact) mass is 245 g/mol. The Morgan fingerprint density at radius 1 is 1.28 bits per heavy atom. The van der Waals surface area contributed by atoms with E-state index in [-0.39, 0.29) is 5.41 Å². The predicted octanol–water partition coefficient (Wildman–Crippen LogP) is 3.47. The molecule has 0 bridgehead atoms. The Balaban J connectivity index is 2.50. The van der Waals surface area contributed by atoms with E-state index in [0.717, 1.165) is 29.4 Å². The summed E-state index contributed by atoms with van der Waals surface area (Å²) in [4.78, 5) is 9.17. The molecule has 96 valence electrons. The molecule has 0 saturated heterocycles. The van der Waals surface area contributed by atoms with Crippen molar-refractivity contribution in [3.05, 3.63) is 30.5 Å². The predicted molar refractivity (Wildman–Crippen MR) is 72.6 cm³/mol. The van der Waals surface area contributed by atoms with Crippen molar-refractivity contribution in [2.75, 3.05) is 11.9 Å². The molecule has 0 amide bonds. The van der Waals surface area contributed by atoms with Crippen LogP contribution in [0.2, 0.25) is 0 Å². The lowest BCUT2D eigenvalue weighted by atomic mass is 9.95. The molecular formula is C14H19N3O. The fraction of sp³-hybridized carbons (Fsp3) is 0.429. The van der Waals surface area contributed by atoms with Gasteiger partial charge in [0.1, 0.15) is 11.6 Å². The third-order valence-electron chi connectivity index (χ3n) is 2.57. The molecule has 0 saturated carbocycles. The van der Waals surface area contributed by atoms with Crippen LogP contribution in [-0.4, -0.2) is 16.5 Å². The SMILES string of the molecule is CCNc1cc(-c2ccoc2)nc(C(C)(C)C)n1. The van der Waals surface area contributed by atoms with Gasteiger partial charge in [-0.1, -0.05) is 20.8 Å². The standard InChI is InChI=1S/C14H19N3O/c1-5-15-12-8-11(10-6-7-18-9-10)16-13(17-12)14(2,3)4/h6-9H,5H2,1-4H3,(H,15,16,17). The van der Waals surface area contributed by atoms with Crippen LogP contribution < -0.4 is 5.32 Å². The van der Waals surface area contributed by atoms with Crippen LogP contribution in [0.25, 0.3) is 11.3 Å². The third kappa shape index (κ3) is 2.70. The first-order chi connectivity index (χ1) is 8.50. The van der Waals surface area contributed by atoms with E-state index in [2.05, 4.69) is 43.0 Å². The van der Waals surface area contributed by atoms with Crippen LogP contribution in [0.15, 0.2) is 29.1 Å². The minimum absolute atomic E-state index is 0.0794. The molecule has 1 N–H and O–H groups in total. The summed E-state index contributed by atoms with van der Waals surface area (Å²) in [5.74, 6) is 1.69. The Bertz CT molecular complexity index is 512. The zero-order chi connectivity index (χ0) is 13.2. The van der Waals surface area contributed by atoms with Crippen LogP contribution >= 0.6 is 0 Å². The van der Waals surface area contributed by atoms with E-state index in [4.69, 9.17) is 4.42 Å². The fourth-order valence-electron chi connectivity index (χ4n) is 1.61. The number of anilines is 1. The number of hydrogen-bond donors (Lipinski definition) is 1. The minimum atomic E-state index is -0.0794. The number of hydrogen-bond acceptors (Lipinski definition) is 4. The van der Waals surface area contributed by atoms with Gasteiger partial charge in [-0.3, -0.25) is 0 Å². The van der Waals surface area contributed by atoms with Crippen LogP contribution in [0.5, 0.6) is 0 Å². The van der Waals surface area contributed by atoms with Crippen LogP contribution in [0, 0.1) is 0 Å². The number of furan rings is 1. The fourth-order valence-corrected chi connectivity index (χ4v) is 1.61. The highest BCUT2D eigenvalue weighted by atomic mass is 16.3. The van der Waals surface area contributed by atoms with Crippen molar-refractivity contribution in [2.45, 2.75) is 33.1 Å². The minimum Gasteiger partial charge on any atom is -0.472 e. The Morgan fingerprint density at radius 3 is 2.61 bits per heavy atom. The number of nitrogens with zero attached hydrogens (tertiary/aromatic N) is 2. The van der Waals surface area contributed by atoms with Gasteiger partial charge in [0, 0.05) is 23.6 Å². The Kier molecular flexibility index (Phi) is 3.36. The van der Waals surface area contributed by atoms with E-state index in [1.165, 1.54) is 0 Å². The van der Waals surface area contributed by atoms with Gasteiger partial charge in [-0.05, 0) is 13.0 Å². The average molecular weight is 245 g/mol. The van der Waals surface area contributed by atoms with Gasteiger partial charge in [-0.25, -0.2) is 9.97 Å². The van der Waals surface area contributed by atoms with Crippen molar-refractivity contribution >= 4 is 5.82 Å². The number of nitrogens with one attached hydrogen (secondary N) is 1. The molecule has 0 aromatic carbocycles. The highest BCUT2D eigenvalue weighted by molar-refractivity contribution is 5.61. The molecule has 0 fully saturated rings. The zero-order valence-corrected chi connectivity index (χ0v) is 11.3. The Morgan fingerprint density at radius 2 is 2.06 bits per heavy atom. The lowest BCUT2D eigenvalue weighted by Gasteiger charge is -2.18. The maximum atomic E-state index is 5.11. The number of rotatable bonds is 3. The number of aromatic nitrogens is 2. The van der Waals surface area contributed by atoms with Crippen LogP contribution in [0.3, 0.4) is 0 Å². The molecule has 18 heavy (non-hydrogen) atoms. The Labute approximate surface area is 107 Å². The molecule has 0 spiro atoms. The first-order valence-corrected chi connectivity index (χ1v) is 6.16. The summed E-state index contributed by atoms with van der Waals surface area (Å²) in [5, 5.41) is 3.24. The molecule has 0 atom stereocenters. The molecule has 0 aliphatic carbocycles. The van der Waals surface area contributed by atoms with Gasteiger partial charge in [-0.2, -0.15) is 0 Å². The van der Waals surface area contributed by atoms with E-state index >= 15 is 0 Å². The van der Waals surface area contributed by atoms with E-state index < -0.39 is 0 Å². The summed E-state index contributed by atoms with van der Waals surface area (Å²) in [7, 11) is 0. The molecule has 0 aliphatic heterocycles. The molecule has 4 nitrogen and oxygen atoms in total. The van der Waals surface area contributed by atoms with Gasteiger partial charge >= 0.3 is 0 Å². The highest BCUT2D eigenvalue weighted by Gasteiger charge is 2.19. The van der Waals surface area contributed by atoms with Crippen LogP contribution in [0.1, 0.15) is 33.5 Å². The lowest BCUT2D eigenvalue weighted by molar-refractivity contribution is 0.546. The summed E-state index contributed by atoms with van der Waals surface area (Å²) < 4.78 is 5.11. The molecule has 0 aliphatic rings. The maximum absolute atomic E-state index is 5.11. The Hall–Kier alpha value is -1.84. The molecule has 2 aromatic rings. The first-order valence-electron chi connectivity index (χ1n) is 6.16. The van der Waals surface area contributed by atoms with Crippen molar-refractivity contribution in [3.8, 4) is 11.3 Å². The van der Waals surface area contributed by atoms with Gasteiger partial charge < -0.3 is 9.73 Å². The van der Waals surface area contributed by atoms with Gasteiger partial charge in [0.2, 0.25) is 0 Å². The van der Waals surface area contributed by atoms with Crippen molar-refractivity contribution in [1.82, 2.24) is 9.97 Å². The summed E-state index contributed by atoms with van der Waals surface area (Å²) in [6.45, 7) is 9.22. The molecule has 2 rings (SSSR count). The molecule has 2 heterocycles. The van der Waals surface area contributed by atoms with E-state index in [9.17, 15) is 0 Å². The van der Waals surface area contributed by atoms with E-state index in [1.54, 1.807) is 12.5 Å². The van der Waals surface area contributed by atoms with Crippen molar-refractivity contribution in [2.24, 2.45) is 0 Å². The topological polar surface area (TPSA) is 51.0 Å². The second kappa shape index (κ2) is 4.80. The smallest absolute Gasteiger partial charge is 0.136 e. The van der Waals surface area contributed by atoms with Gasteiger partial charge in [0.15, 0.2) is 0 Å². The summed E-state index contributed by atoms with van der Waals surface area (Å²) in [6.07, 6.45) is 3.35. The van der Waals surface area contributed by atoms with Crippen LogP contribution in [-0.2, 0) is 5.41 Å². The largest absolute Gasteiger partial charge is 0.472 e. The van der Waals surface area contributed by atoms with Gasteiger partial charge in [-0.15, -0.1) is 0 Å². The normalized spacial score (nSPS) is 11.6. The summed E-state index contributed by atoms with van der Waals surface area (Å²) in [5.41, 5.74) is 1.78. The van der Waals surface area contributed by atoms with Gasteiger partial charge in [0.25, 0.3) is 0 Å². The van der Waals surface area contributed by atoms with Crippen molar-refractivity contribution in [3.63, 3.8) is 0 Å². The second-order valence-electron chi connectivity index (χ2n) is 5.25. The summed E-state index contributed by atoms with van der Waals surface area (Å²) in [6, 6.07) is 3.86. The lowest BCUT2D eigenvalue weighted by Crippen LogP contribution is -2.17. The molecular weight excluding hydrogens is 226 g/mol. The summed E-state index contributed by atoms with van der Waals surface area (Å²) >= 11 is 0. The molecule has 0 unspecified atom stereocenters. The van der Waals surface area contributed by atoms with Gasteiger partial charge in [0.05, 0.1) is 18.2 Å². The highest BCUT2D eigenvalue weighted by Crippen LogP contribution is 2.25. The third-order valence-corrected chi connectivity index (χ3v) is 2.57. The zero-order valence-electron chi connectivity index (χ0n) is 11.3. The maximum Gasteiger partial charge on any atom is 0.136 e. The van der Waals surface area contributed by atoms with Crippen molar-refractivity contribution < 1.29 is 4.42 Å².